The highest BCUT2D eigenvalue weighted by Gasteiger charge is 2.20. The van der Waals surface area contributed by atoms with Crippen LogP contribution in [0.1, 0.15) is 27.2 Å². The van der Waals surface area contributed by atoms with E-state index in [1.54, 1.807) is 0 Å². The molecule has 2 rings (SSSR count). The van der Waals surface area contributed by atoms with Gasteiger partial charge in [0.05, 0.1) is 11.2 Å². The summed E-state index contributed by atoms with van der Waals surface area (Å²) < 4.78 is 2.28. The van der Waals surface area contributed by atoms with Gasteiger partial charge in [-0.2, -0.15) is 0 Å². The Hall–Kier alpha value is -1.44. The van der Waals surface area contributed by atoms with E-state index in [1.807, 2.05) is 12.3 Å². The molecule has 0 saturated carbocycles. The minimum absolute atomic E-state index is 0.122. The number of nitrogens with zero attached hydrogens (tertiary/aromatic N) is 1. The van der Waals surface area contributed by atoms with E-state index in [-0.39, 0.29) is 5.54 Å². The Balaban J connectivity index is 2.72. The van der Waals surface area contributed by atoms with Crippen molar-refractivity contribution in [2.45, 2.75) is 32.7 Å². The van der Waals surface area contributed by atoms with Gasteiger partial charge in [0.2, 0.25) is 0 Å². The normalized spacial score (nSPS) is 12.2. The number of fused-ring (bicyclic) bond motifs is 1. The Kier molecular flexibility index (Phi) is 2.22. The quantitative estimate of drug-likeness (QED) is 0.795. The van der Waals surface area contributed by atoms with Gasteiger partial charge < -0.3 is 10.3 Å². The Morgan fingerprint density at radius 1 is 1.27 bits per heavy atom. The van der Waals surface area contributed by atoms with Gasteiger partial charge in [-0.25, -0.2) is 0 Å². The standard InChI is InChI=1S/C13H18N2/c1-4-13(2,3)15-9-11(14)10-7-5-6-8-12(10)15/h5-9H,4,14H2,1-3H3. The summed E-state index contributed by atoms with van der Waals surface area (Å²) in [5, 5.41) is 1.15. The summed E-state index contributed by atoms with van der Waals surface area (Å²) in [5.74, 6) is 0. The lowest BCUT2D eigenvalue weighted by Gasteiger charge is -2.26. The predicted molar refractivity (Wildman–Crippen MR) is 66.0 cm³/mol. The maximum absolute atomic E-state index is 6.01. The summed E-state index contributed by atoms with van der Waals surface area (Å²) in [7, 11) is 0. The van der Waals surface area contributed by atoms with Crippen molar-refractivity contribution in [1.82, 2.24) is 4.57 Å². The van der Waals surface area contributed by atoms with E-state index in [9.17, 15) is 0 Å². The fraction of sp³-hybridized carbons (Fsp3) is 0.385. The smallest absolute Gasteiger partial charge is 0.0574 e. The van der Waals surface area contributed by atoms with Gasteiger partial charge >= 0.3 is 0 Å². The first-order valence-corrected chi connectivity index (χ1v) is 5.42. The van der Waals surface area contributed by atoms with E-state index in [1.165, 1.54) is 5.52 Å². The van der Waals surface area contributed by atoms with Crippen LogP contribution in [0.25, 0.3) is 10.9 Å². The highest BCUT2D eigenvalue weighted by atomic mass is 15.0. The molecule has 0 saturated heterocycles. The molecule has 2 nitrogen and oxygen atoms in total. The molecule has 2 aromatic rings. The van der Waals surface area contributed by atoms with E-state index in [2.05, 4.69) is 43.5 Å². The summed E-state index contributed by atoms with van der Waals surface area (Å²) in [5.41, 5.74) is 8.22. The van der Waals surface area contributed by atoms with E-state index in [0.717, 1.165) is 17.5 Å². The Labute approximate surface area is 90.7 Å². The molecular formula is C13H18N2. The number of hydrogen-bond acceptors (Lipinski definition) is 1. The van der Waals surface area contributed by atoms with E-state index in [4.69, 9.17) is 5.73 Å². The van der Waals surface area contributed by atoms with Crippen LogP contribution >= 0.6 is 0 Å². The van der Waals surface area contributed by atoms with Crippen molar-refractivity contribution < 1.29 is 0 Å². The number of benzene rings is 1. The summed E-state index contributed by atoms with van der Waals surface area (Å²) in [6.07, 6.45) is 3.14. The van der Waals surface area contributed by atoms with E-state index >= 15 is 0 Å². The zero-order chi connectivity index (χ0) is 11.1. The molecule has 1 aromatic heterocycles. The van der Waals surface area contributed by atoms with Crippen LogP contribution < -0.4 is 5.73 Å². The van der Waals surface area contributed by atoms with Crippen molar-refractivity contribution in [2.75, 3.05) is 5.73 Å². The molecule has 0 fully saturated rings. The molecule has 0 bridgehead atoms. The molecule has 2 N–H and O–H groups in total. The van der Waals surface area contributed by atoms with Crippen LogP contribution in [0, 0.1) is 0 Å². The van der Waals surface area contributed by atoms with Crippen LogP contribution in [0.4, 0.5) is 5.69 Å². The highest BCUT2D eigenvalue weighted by molar-refractivity contribution is 5.91. The Morgan fingerprint density at radius 3 is 2.60 bits per heavy atom. The topological polar surface area (TPSA) is 30.9 Å². The minimum Gasteiger partial charge on any atom is -0.397 e. The maximum Gasteiger partial charge on any atom is 0.0574 e. The lowest BCUT2D eigenvalue weighted by molar-refractivity contribution is 0.354. The number of nitrogens with two attached hydrogens (primary N) is 1. The largest absolute Gasteiger partial charge is 0.397 e. The van der Waals surface area contributed by atoms with Gasteiger partial charge in [-0.15, -0.1) is 0 Å². The Bertz CT molecular complexity index is 480. The highest BCUT2D eigenvalue weighted by Crippen LogP contribution is 2.30. The van der Waals surface area contributed by atoms with Gasteiger partial charge in [-0.3, -0.25) is 0 Å². The molecule has 1 heterocycles. The number of nitrogen functional groups attached to an aromatic ring is 1. The lowest BCUT2D eigenvalue weighted by atomic mass is 10.0. The van der Waals surface area contributed by atoms with Gasteiger partial charge in [0.1, 0.15) is 0 Å². The van der Waals surface area contributed by atoms with Crippen LogP contribution in [0.3, 0.4) is 0 Å². The van der Waals surface area contributed by atoms with Crippen molar-refractivity contribution in [3.63, 3.8) is 0 Å². The summed E-state index contributed by atoms with van der Waals surface area (Å²) in [6.45, 7) is 6.67. The number of rotatable bonds is 2. The second-order valence-corrected chi connectivity index (χ2v) is 4.64. The van der Waals surface area contributed by atoms with Gasteiger partial charge in [0.25, 0.3) is 0 Å². The van der Waals surface area contributed by atoms with Gasteiger partial charge in [0.15, 0.2) is 0 Å². The minimum atomic E-state index is 0.122. The summed E-state index contributed by atoms with van der Waals surface area (Å²) >= 11 is 0. The Morgan fingerprint density at radius 2 is 1.93 bits per heavy atom. The lowest BCUT2D eigenvalue weighted by Crippen LogP contribution is -2.24. The average Bonchev–Trinajstić information content (AvgIpc) is 2.58. The third-order valence-corrected chi connectivity index (χ3v) is 3.26. The molecule has 2 heteroatoms. The van der Waals surface area contributed by atoms with Gasteiger partial charge in [-0.1, -0.05) is 25.1 Å². The average molecular weight is 202 g/mol. The third kappa shape index (κ3) is 1.50. The number of anilines is 1. The second-order valence-electron chi connectivity index (χ2n) is 4.64. The zero-order valence-electron chi connectivity index (χ0n) is 9.62. The van der Waals surface area contributed by atoms with Crippen LogP contribution in [0.5, 0.6) is 0 Å². The first-order chi connectivity index (χ1) is 7.06. The zero-order valence-corrected chi connectivity index (χ0v) is 9.62. The molecule has 0 atom stereocenters. The van der Waals surface area contributed by atoms with Crippen LogP contribution in [0.2, 0.25) is 0 Å². The molecule has 1 aromatic carbocycles. The fourth-order valence-corrected chi connectivity index (χ4v) is 1.88. The van der Waals surface area contributed by atoms with Gasteiger partial charge in [-0.05, 0) is 26.3 Å². The van der Waals surface area contributed by atoms with Gasteiger partial charge in [0, 0.05) is 17.1 Å². The number of aromatic nitrogens is 1. The first-order valence-electron chi connectivity index (χ1n) is 5.42. The third-order valence-electron chi connectivity index (χ3n) is 3.26. The van der Waals surface area contributed by atoms with Crippen molar-refractivity contribution in [3.8, 4) is 0 Å². The predicted octanol–water partition coefficient (Wildman–Crippen LogP) is 3.37. The van der Waals surface area contributed by atoms with Crippen molar-refractivity contribution in [2.24, 2.45) is 0 Å². The molecule has 0 aliphatic rings. The van der Waals surface area contributed by atoms with Crippen molar-refractivity contribution in [3.05, 3.63) is 30.5 Å². The molecule has 0 aliphatic carbocycles. The van der Waals surface area contributed by atoms with Crippen molar-refractivity contribution >= 4 is 16.6 Å². The second kappa shape index (κ2) is 3.30. The first kappa shape index (κ1) is 10.1. The summed E-state index contributed by atoms with van der Waals surface area (Å²) in [4.78, 5) is 0. The maximum atomic E-state index is 6.01. The molecule has 0 unspecified atom stereocenters. The van der Waals surface area contributed by atoms with E-state index in [0.29, 0.717) is 0 Å². The molecular weight excluding hydrogens is 184 g/mol. The molecule has 0 radical (unpaired) electrons. The van der Waals surface area contributed by atoms with Crippen LogP contribution in [0.15, 0.2) is 30.5 Å². The van der Waals surface area contributed by atoms with E-state index < -0.39 is 0 Å². The molecule has 0 amide bonds. The van der Waals surface area contributed by atoms with Crippen LogP contribution in [-0.2, 0) is 5.54 Å². The summed E-state index contributed by atoms with van der Waals surface area (Å²) in [6, 6.07) is 8.29. The SMILES string of the molecule is CCC(C)(C)n1cc(N)c2ccccc21. The molecule has 0 spiro atoms. The van der Waals surface area contributed by atoms with Crippen LogP contribution in [-0.4, -0.2) is 4.57 Å². The molecule has 0 aliphatic heterocycles. The molecule has 80 valence electrons. The van der Waals surface area contributed by atoms with Crippen molar-refractivity contribution in [1.29, 1.82) is 0 Å². The monoisotopic (exact) mass is 202 g/mol. The molecule has 15 heavy (non-hydrogen) atoms. The number of hydrogen-bond donors (Lipinski definition) is 1. The fourth-order valence-electron chi connectivity index (χ4n) is 1.88. The number of para-hydroxylation sites is 1.